The lowest BCUT2D eigenvalue weighted by Crippen LogP contribution is -2.09. The Bertz CT molecular complexity index is 376. The van der Waals surface area contributed by atoms with Gasteiger partial charge in [0.05, 0.1) is 12.4 Å². The lowest BCUT2D eigenvalue weighted by Gasteiger charge is -2.01. The zero-order valence-electron chi connectivity index (χ0n) is 9.15. The fraction of sp³-hybridized carbons (Fsp3) is 0.500. The van der Waals surface area contributed by atoms with Crippen molar-refractivity contribution in [1.82, 2.24) is 15.0 Å². The molecule has 0 aliphatic rings. The third kappa shape index (κ3) is 2.88. The van der Waals surface area contributed by atoms with Crippen LogP contribution in [0.5, 0.6) is 0 Å². The third-order valence-corrected chi connectivity index (χ3v) is 2.01. The summed E-state index contributed by atoms with van der Waals surface area (Å²) in [7, 11) is 0. The summed E-state index contributed by atoms with van der Waals surface area (Å²) in [6.07, 6.45) is 1.83. The number of hydrogen-bond acceptors (Lipinski definition) is 4. The molecule has 0 spiro atoms. The van der Waals surface area contributed by atoms with Crippen molar-refractivity contribution in [3.63, 3.8) is 0 Å². The molecule has 0 N–H and O–H groups in total. The van der Waals surface area contributed by atoms with Gasteiger partial charge in [-0.3, -0.25) is 4.39 Å². The van der Waals surface area contributed by atoms with Crippen molar-refractivity contribution in [2.24, 2.45) is 0 Å². The van der Waals surface area contributed by atoms with Gasteiger partial charge in [-0.1, -0.05) is 17.9 Å². The molecule has 16 heavy (non-hydrogen) atoms. The predicted octanol–water partition coefficient (Wildman–Crippen LogP) is 1.29. The van der Waals surface area contributed by atoms with Crippen LogP contribution in [0.1, 0.15) is 22.6 Å². The Morgan fingerprint density at radius 2 is 2.44 bits per heavy atom. The summed E-state index contributed by atoms with van der Waals surface area (Å²) in [5.41, 5.74) is 0.753. The molecule has 0 fully saturated rings. The summed E-state index contributed by atoms with van der Waals surface area (Å²) >= 11 is 0. The van der Waals surface area contributed by atoms with E-state index in [0.717, 1.165) is 0 Å². The monoisotopic (exact) mass is 227 g/mol. The number of ether oxygens (including phenoxy) is 1. The summed E-state index contributed by atoms with van der Waals surface area (Å²) in [5, 5.41) is 7.46. The Balaban J connectivity index is 2.70. The molecule has 88 valence electrons. The lowest BCUT2D eigenvalue weighted by atomic mass is 10.3. The fourth-order valence-electron chi connectivity index (χ4n) is 1.17. The molecule has 0 amide bonds. The highest BCUT2D eigenvalue weighted by atomic mass is 19.1. The number of carbonyl (C=O) groups is 1. The van der Waals surface area contributed by atoms with E-state index >= 15 is 0 Å². The topological polar surface area (TPSA) is 57.0 Å². The molecule has 0 saturated heterocycles. The Hall–Kier alpha value is -1.72. The number of rotatable bonds is 6. The van der Waals surface area contributed by atoms with Crippen LogP contribution in [0.15, 0.2) is 12.7 Å². The molecule has 0 aliphatic carbocycles. The molecule has 6 heteroatoms. The zero-order valence-corrected chi connectivity index (χ0v) is 9.15. The number of alkyl halides is 1. The number of nitrogens with zero attached hydrogens (tertiary/aromatic N) is 3. The summed E-state index contributed by atoms with van der Waals surface area (Å²) in [5.74, 6) is -0.538. The Morgan fingerprint density at radius 3 is 3.06 bits per heavy atom. The van der Waals surface area contributed by atoms with Gasteiger partial charge in [-0.05, 0) is 13.3 Å². The van der Waals surface area contributed by atoms with Crippen molar-refractivity contribution in [3.8, 4) is 0 Å². The van der Waals surface area contributed by atoms with Crippen molar-refractivity contribution in [3.05, 3.63) is 24.0 Å². The van der Waals surface area contributed by atoms with Gasteiger partial charge in [-0.25, -0.2) is 9.48 Å². The maximum absolute atomic E-state index is 12.0. The van der Waals surface area contributed by atoms with E-state index < -0.39 is 12.6 Å². The van der Waals surface area contributed by atoms with Crippen LogP contribution in [0.25, 0.3) is 0 Å². The van der Waals surface area contributed by atoms with Crippen LogP contribution in [-0.2, 0) is 11.3 Å². The minimum Gasteiger partial charge on any atom is -0.457 e. The van der Waals surface area contributed by atoms with Gasteiger partial charge >= 0.3 is 5.97 Å². The molecular formula is C10H14FN3O2. The van der Waals surface area contributed by atoms with Crippen molar-refractivity contribution in [1.29, 1.82) is 0 Å². The average Bonchev–Trinajstić information content (AvgIpc) is 2.65. The van der Waals surface area contributed by atoms with Crippen LogP contribution in [-0.4, -0.2) is 34.2 Å². The van der Waals surface area contributed by atoms with E-state index in [0.29, 0.717) is 18.7 Å². The van der Waals surface area contributed by atoms with Crippen LogP contribution in [0.2, 0.25) is 0 Å². The zero-order chi connectivity index (χ0) is 12.0. The predicted molar refractivity (Wildman–Crippen MR) is 55.8 cm³/mol. The highest BCUT2D eigenvalue weighted by Gasteiger charge is 2.17. The molecule has 0 aromatic carbocycles. The van der Waals surface area contributed by atoms with Crippen molar-refractivity contribution in [2.75, 3.05) is 13.3 Å². The first-order valence-corrected chi connectivity index (χ1v) is 4.94. The molecule has 1 aromatic rings. The van der Waals surface area contributed by atoms with Crippen molar-refractivity contribution < 1.29 is 13.9 Å². The Kier molecular flexibility index (Phi) is 4.63. The highest BCUT2D eigenvalue weighted by Crippen LogP contribution is 2.06. The smallest absolute Gasteiger partial charge is 0.361 e. The van der Waals surface area contributed by atoms with Crippen LogP contribution >= 0.6 is 0 Å². The minimum atomic E-state index is -0.538. The first kappa shape index (κ1) is 12.4. The van der Waals surface area contributed by atoms with Crippen molar-refractivity contribution >= 4 is 5.97 Å². The lowest BCUT2D eigenvalue weighted by molar-refractivity contribution is 0.0542. The van der Waals surface area contributed by atoms with Crippen LogP contribution in [0.4, 0.5) is 4.39 Å². The average molecular weight is 227 g/mol. The molecule has 0 aliphatic heterocycles. The number of halogens is 1. The largest absolute Gasteiger partial charge is 0.457 e. The quantitative estimate of drug-likeness (QED) is 0.542. The van der Waals surface area contributed by atoms with E-state index in [9.17, 15) is 9.18 Å². The summed E-state index contributed by atoms with van der Waals surface area (Å²) < 4.78 is 18.3. The fourth-order valence-corrected chi connectivity index (χ4v) is 1.17. The van der Waals surface area contributed by atoms with Crippen LogP contribution in [0.3, 0.4) is 0 Å². The Labute approximate surface area is 92.9 Å². The second-order valence-corrected chi connectivity index (χ2v) is 3.18. The van der Waals surface area contributed by atoms with E-state index in [1.54, 1.807) is 6.92 Å². The van der Waals surface area contributed by atoms with Gasteiger partial charge in [0.2, 0.25) is 0 Å². The van der Waals surface area contributed by atoms with E-state index in [1.165, 1.54) is 10.8 Å². The molecule has 1 heterocycles. The Morgan fingerprint density at radius 1 is 1.69 bits per heavy atom. The summed E-state index contributed by atoms with van der Waals surface area (Å²) in [6, 6.07) is 0. The molecule has 1 rings (SSSR count). The SMILES string of the molecule is C=CCOC(=O)c1nnn(CCCF)c1C. The van der Waals surface area contributed by atoms with Crippen molar-refractivity contribution in [2.45, 2.75) is 19.9 Å². The molecule has 0 bridgehead atoms. The molecule has 1 aromatic heterocycles. The summed E-state index contributed by atoms with van der Waals surface area (Å²) in [6.45, 7) is 5.25. The van der Waals surface area contributed by atoms with Gasteiger partial charge in [0.15, 0.2) is 5.69 Å². The van der Waals surface area contributed by atoms with Gasteiger partial charge in [-0.15, -0.1) is 5.10 Å². The first-order valence-electron chi connectivity index (χ1n) is 4.94. The standard InChI is InChI=1S/C10H14FN3O2/c1-3-7-16-10(15)9-8(2)14(13-12-9)6-4-5-11/h3H,1,4-7H2,2H3. The second-order valence-electron chi connectivity index (χ2n) is 3.18. The molecule has 0 radical (unpaired) electrons. The second kappa shape index (κ2) is 5.99. The number of esters is 1. The molecule has 0 atom stereocenters. The van der Waals surface area contributed by atoms with Gasteiger partial charge in [0, 0.05) is 6.54 Å². The first-order chi connectivity index (χ1) is 7.70. The van der Waals surface area contributed by atoms with Gasteiger partial charge < -0.3 is 4.74 Å². The molecule has 5 nitrogen and oxygen atoms in total. The number of carbonyl (C=O) groups excluding carboxylic acids is 1. The van der Waals surface area contributed by atoms with Crippen LogP contribution in [0, 0.1) is 6.92 Å². The van der Waals surface area contributed by atoms with E-state index in [4.69, 9.17) is 4.74 Å². The number of aryl methyl sites for hydroxylation is 1. The minimum absolute atomic E-state index is 0.135. The number of aromatic nitrogens is 3. The van der Waals surface area contributed by atoms with Gasteiger partial charge in [0.1, 0.15) is 6.61 Å². The number of hydrogen-bond donors (Lipinski definition) is 0. The molecular weight excluding hydrogens is 213 g/mol. The third-order valence-electron chi connectivity index (χ3n) is 2.01. The molecule has 0 saturated carbocycles. The van der Waals surface area contributed by atoms with E-state index in [2.05, 4.69) is 16.9 Å². The maximum Gasteiger partial charge on any atom is 0.361 e. The van der Waals surface area contributed by atoms with E-state index in [1.807, 2.05) is 0 Å². The van der Waals surface area contributed by atoms with Crippen LogP contribution < -0.4 is 0 Å². The normalized spacial score (nSPS) is 10.1. The maximum atomic E-state index is 12.0. The highest BCUT2D eigenvalue weighted by molar-refractivity contribution is 5.88. The van der Waals surface area contributed by atoms with Gasteiger partial charge in [0.25, 0.3) is 0 Å². The summed E-state index contributed by atoms with van der Waals surface area (Å²) in [4.78, 5) is 11.5. The molecule has 0 unspecified atom stereocenters. The van der Waals surface area contributed by atoms with E-state index in [-0.39, 0.29) is 12.3 Å². The van der Waals surface area contributed by atoms with Gasteiger partial charge in [-0.2, -0.15) is 0 Å².